The lowest BCUT2D eigenvalue weighted by molar-refractivity contribution is 0.744. The fraction of sp³-hybridized carbons (Fsp3) is 0.200. The highest BCUT2D eigenvalue weighted by Crippen LogP contribution is 2.24. The lowest BCUT2D eigenvalue weighted by Gasteiger charge is -2.12. The van der Waals surface area contributed by atoms with E-state index in [1.165, 1.54) is 0 Å². The molecule has 2 nitrogen and oxygen atoms in total. The number of benzene rings is 1. The van der Waals surface area contributed by atoms with Gasteiger partial charge in [0.1, 0.15) is 0 Å². The van der Waals surface area contributed by atoms with E-state index in [0.29, 0.717) is 17.1 Å². The van der Waals surface area contributed by atoms with Crippen LogP contribution in [0, 0.1) is 0 Å². The summed E-state index contributed by atoms with van der Waals surface area (Å²) in [5.41, 5.74) is 13.2. The molecule has 70 valence electrons. The van der Waals surface area contributed by atoms with Gasteiger partial charge in [-0.15, -0.1) is 6.58 Å². The standard InChI is InChI=1S/C10H13ClN2/c1-2-3-9(12)8-6-7(11)4-5-10(8)13/h2,4-6,9H,1,3,12-13H2/t9-/m1/s1. The summed E-state index contributed by atoms with van der Waals surface area (Å²) in [6, 6.07) is 5.20. The van der Waals surface area contributed by atoms with E-state index in [9.17, 15) is 0 Å². The summed E-state index contributed by atoms with van der Waals surface area (Å²) in [6.07, 6.45) is 2.47. The van der Waals surface area contributed by atoms with E-state index >= 15 is 0 Å². The van der Waals surface area contributed by atoms with Crippen LogP contribution in [0.5, 0.6) is 0 Å². The zero-order chi connectivity index (χ0) is 9.84. The van der Waals surface area contributed by atoms with Crippen LogP contribution in [0.15, 0.2) is 30.9 Å². The van der Waals surface area contributed by atoms with Gasteiger partial charge in [0.2, 0.25) is 0 Å². The highest BCUT2D eigenvalue weighted by Gasteiger charge is 2.07. The molecule has 0 fully saturated rings. The molecule has 1 aromatic rings. The molecule has 0 radical (unpaired) electrons. The average Bonchev–Trinajstić information content (AvgIpc) is 2.09. The van der Waals surface area contributed by atoms with Crippen molar-refractivity contribution in [3.05, 3.63) is 41.4 Å². The van der Waals surface area contributed by atoms with E-state index < -0.39 is 0 Å². The van der Waals surface area contributed by atoms with Crippen molar-refractivity contribution in [3.63, 3.8) is 0 Å². The summed E-state index contributed by atoms with van der Waals surface area (Å²) >= 11 is 5.82. The second-order valence-electron chi connectivity index (χ2n) is 2.90. The molecule has 4 N–H and O–H groups in total. The van der Waals surface area contributed by atoms with Crippen molar-refractivity contribution >= 4 is 17.3 Å². The highest BCUT2D eigenvalue weighted by atomic mass is 35.5. The molecule has 0 amide bonds. The first-order valence-electron chi connectivity index (χ1n) is 4.06. The van der Waals surface area contributed by atoms with Gasteiger partial charge in [0.05, 0.1) is 0 Å². The van der Waals surface area contributed by atoms with E-state index in [-0.39, 0.29) is 6.04 Å². The monoisotopic (exact) mass is 196 g/mol. The summed E-state index contributed by atoms with van der Waals surface area (Å²) in [5.74, 6) is 0. The Labute approximate surface area is 83.2 Å². The van der Waals surface area contributed by atoms with Gasteiger partial charge in [0, 0.05) is 16.8 Å². The second-order valence-corrected chi connectivity index (χ2v) is 3.34. The highest BCUT2D eigenvalue weighted by molar-refractivity contribution is 6.30. The Hall–Kier alpha value is -0.990. The number of nitrogen functional groups attached to an aromatic ring is 1. The minimum atomic E-state index is -0.115. The fourth-order valence-electron chi connectivity index (χ4n) is 1.17. The molecule has 13 heavy (non-hydrogen) atoms. The molecule has 0 spiro atoms. The minimum absolute atomic E-state index is 0.115. The van der Waals surface area contributed by atoms with Crippen molar-refractivity contribution in [2.45, 2.75) is 12.5 Å². The van der Waals surface area contributed by atoms with Crippen molar-refractivity contribution in [1.29, 1.82) is 0 Å². The molecule has 0 heterocycles. The third kappa shape index (κ3) is 2.47. The molecule has 0 saturated heterocycles. The molecule has 1 atom stereocenters. The van der Waals surface area contributed by atoms with Crippen LogP contribution in [0.4, 0.5) is 5.69 Å². The van der Waals surface area contributed by atoms with Crippen LogP contribution >= 0.6 is 11.6 Å². The maximum atomic E-state index is 5.87. The number of nitrogens with two attached hydrogens (primary N) is 2. The van der Waals surface area contributed by atoms with E-state index in [1.54, 1.807) is 24.3 Å². The van der Waals surface area contributed by atoms with Crippen LogP contribution in [-0.2, 0) is 0 Å². The Kier molecular flexibility index (Phi) is 3.34. The summed E-state index contributed by atoms with van der Waals surface area (Å²) < 4.78 is 0. The van der Waals surface area contributed by atoms with Gasteiger partial charge in [-0.2, -0.15) is 0 Å². The van der Waals surface area contributed by atoms with Crippen molar-refractivity contribution in [1.82, 2.24) is 0 Å². The molecular formula is C10H13ClN2. The van der Waals surface area contributed by atoms with E-state index in [4.69, 9.17) is 23.1 Å². The van der Waals surface area contributed by atoms with Crippen LogP contribution in [0.1, 0.15) is 18.0 Å². The first-order chi connectivity index (χ1) is 6.15. The van der Waals surface area contributed by atoms with E-state index in [1.807, 2.05) is 0 Å². The van der Waals surface area contributed by atoms with Gasteiger partial charge in [-0.05, 0) is 30.2 Å². The summed E-state index contributed by atoms with van der Waals surface area (Å²) in [6.45, 7) is 3.62. The van der Waals surface area contributed by atoms with Crippen molar-refractivity contribution in [3.8, 4) is 0 Å². The van der Waals surface area contributed by atoms with Crippen molar-refractivity contribution in [2.24, 2.45) is 5.73 Å². The number of hydrogen-bond acceptors (Lipinski definition) is 2. The molecule has 0 unspecified atom stereocenters. The van der Waals surface area contributed by atoms with Gasteiger partial charge in [-0.3, -0.25) is 0 Å². The normalized spacial score (nSPS) is 12.5. The molecule has 0 bridgehead atoms. The topological polar surface area (TPSA) is 52.0 Å². The van der Waals surface area contributed by atoms with Gasteiger partial charge < -0.3 is 11.5 Å². The first-order valence-corrected chi connectivity index (χ1v) is 4.44. The summed E-state index contributed by atoms with van der Waals surface area (Å²) in [7, 11) is 0. The lowest BCUT2D eigenvalue weighted by Crippen LogP contribution is -2.11. The quantitative estimate of drug-likeness (QED) is 0.577. The average molecular weight is 197 g/mol. The number of halogens is 1. The summed E-state index contributed by atoms with van der Waals surface area (Å²) in [4.78, 5) is 0. The molecule has 0 aliphatic heterocycles. The number of rotatable bonds is 3. The number of anilines is 1. The van der Waals surface area contributed by atoms with Crippen molar-refractivity contribution in [2.75, 3.05) is 5.73 Å². The van der Waals surface area contributed by atoms with Gasteiger partial charge in [0.25, 0.3) is 0 Å². The minimum Gasteiger partial charge on any atom is -0.398 e. The van der Waals surface area contributed by atoms with Crippen LogP contribution < -0.4 is 11.5 Å². The molecule has 0 aliphatic rings. The maximum Gasteiger partial charge on any atom is 0.0410 e. The Balaban J connectivity index is 2.97. The van der Waals surface area contributed by atoms with Crippen LogP contribution in [0.25, 0.3) is 0 Å². The third-order valence-electron chi connectivity index (χ3n) is 1.87. The Morgan fingerprint density at radius 1 is 1.54 bits per heavy atom. The molecule has 0 aromatic heterocycles. The smallest absolute Gasteiger partial charge is 0.0410 e. The predicted molar refractivity (Wildman–Crippen MR) is 57.6 cm³/mol. The Bertz CT molecular complexity index is 310. The fourth-order valence-corrected chi connectivity index (χ4v) is 1.35. The molecule has 3 heteroatoms. The maximum absolute atomic E-state index is 5.87. The van der Waals surface area contributed by atoms with Crippen LogP contribution in [-0.4, -0.2) is 0 Å². The zero-order valence-electron chi connectivity index (χ0n) is 7.33. The SMILES string of the molecule is C=CC[C@@H](N)c1cc(Cl)ccc1N. The summed E-state index contributed by atoms with van der Waals surface area (Å²) in [5, 5.41) is 0.656. The molecular weight excluding hydrogens is 184 g/mol. The molecule has 1 aromatic carbocycles. The largest absolute Gasteiger partial charge is 0.398 e. The van der Waals surface area contributed by atoms with E-state index in [2.05, 4.69) is 6.58 Å². The van der Waals surface area contributed by atoms with Crippen molar-refractivity contribution < 1.29 is 0 Å². The van der Waals surface area contributed by atoms with Crippen LogP contribution in [0.2, 0.25) is 5.02 Å². The first kappa shape index (κ1) is 10.1. The van der Waals surface area contributed by atoms with Gasteiger partial charge in [-0.1, -0.05) is 17.7 Å². The predicted octanol–water partition coefficient (Wildman–Crippen LogP) is 2.50. The molecule has 1 rings (SSSR count). The molecule has 0 saturated carbocycles. The van der Waals surface area contributed by atoms with Gasteiger partial charge >= 0.3 is 0 Å². The Morgan fingerprint density at radius 3 is 2.85 bits per heavy atom. The van der Waals surface area contributed by atoms with E-state index in [0.717, 1.165) is 5.56 Å². The van der Waals surface area contributed by atoms with Gasteiger partial charge in [-0.25, -0.2) is 0 Å². The third-order valence-corrected chi connectivity index (χ3v) is 2.10. The second kappa shape index (κ2) is 4.30. The Morgan fingerprint density at radius 2 is 2.23 bits per heavy atom. The molecule has 0 aliphatic carbocycles. The van der Waals surface area contributed by atoms with Crippen LogP contribution in [0.3, 0.4) is 0 Å². The number of hydrogen-bond donors (Lipinski definition) is 2. The van der Waals surface area contributed by atoms with Gasteiger partial charge in [0.15, 0.2) is 0 Å². The zero-order valence-corrected chi connectivity index (χ0v) is 8.09. The lowest BCUT2D eigenvalue weighted by atomic mass is 10.0.